The van der Waals surface area contributed by atoms with Crippen molar-refractivity contribution in [2.75, 3.05) is 53.4 Å². The van der Waals surface area contributed by atoms with Gasteiger partial charge in [0.25, 0.3) is 0 Å². The molecule has 0 saturated carbocycles. The first-order valence-corrected chi connectivity index (χ1v) is 7.40. The topological polar surface area (TPSA) is 113 Å². The number of hydrogen-bond donors (Lipinski definition) is 2. The highest BCUT2D eigenvalue weighted by molar-refractivity contribution is 5.67. The fraction of sp³-hybridized carbons (Fsp3) is 0.857. The largest absolute Gasteiger partial charge is 0.508 e. The van der Waals surface area contributed by atoms with Gasteiger partial charge in [0.15, 0.2) is 0 Å². The summed E-state index contributed by atoms with van der Waals surface area (Å²) >= 11 is 0. The van der Waals surface area contributed by atoms with Crippen LogP contribution in [0.4, 0.5) is 9.59 Å². The van der Waals surface area contributed by atoms with E-state index in [-0.39, 0.29) is 32.3 Å². The summed E-state index contributed by atoms with van der Waals surface area (Å²) in [5.74, 6) is 0.200. The number of alkyl carbamates (subject to hydrolysis) is 1. The second-order valence-corrected chi connectivity index (χ2v) is 5.03. The number of ether oxygens (including phenoxy) is 5. The standard InChI is InChI=1S/C14H27NO8/c1-11(2)9-22-13(17)15-12(8-16)10-23-14(18)21-7-6-20-5-4-19-3/h11-12,16H,4-10H2,1-3H3,(H,15,17). The number of nitrogens with one attached hydrogen (secondary N) is 1. The molecule has 0 spiro atoms. The molecular weight excluding hydrogens is 310 g/mol. The fourth-order valence-corrected chi connectivity index (χ4v) is 1.23. The zero-order valence-corrected chi connectivity index (χ0v) is 13.9. The van der Waals surface area contributed by atoms with Crippen molar-refractivity contribution in [2.45, 2.75) is 19.9 Å². The normalized spacial score (nSPS) is 11.9. The van der Waals surface area contributed by atoms with Crippen molar-refractivity contribution < 1.29 is 38.4 Å². The quantitative estimate of drug-likeness (QED) is 0.392. The van der Waals surface area contributed by atoms with Gasteiger partial charge in [-0.05, 0) is 5.92 Å². The van der Waals surface area contributed by atoms with Crippen molar-refractivity contribution in [3.05, 3.63) is 0 Å². The van der Waals surface area contributed by atoms with Crippen LogP contribution >= 0.6 is 0 Å². The zero-order chi connectivity index (χ0) is 17.5. The molecule has 0 aliphatic carbocycles. The monoisotopic (exact) mass is 337 g/mol. The van der Waals surface area contributed by atoms with Gasteiger partial charge in [0.05, 0.1) is 39.1 Å². The molecular formula is C14H27NO8. The molecule has 0 fully saturated rings. The van der Waals surface area contributed by atoms with E-state index in [1.54, 1.807) is 7.11 Å². The molecule has 0 rings (SSSR count). The molecule has 0 aromatic rings. The van der Waals surface area contributed by atoms with Crippen LogP contribution in [0.1, 0.15) is 13.8 Å². The first kappa shape index (κ1) is 21.4. The van der Waals surface area contributed by atoms with Crippen molar-refractivity contribution in [1.29, 1.82) is 0 Å². The highest BCUT2D eigenvalue weighted by Gasteiger charge is 2.15. The molecule has 0 heterocycles. The number of carbonyl (C=O) groups is 2. The molecule has 0 saturated heterocycles. The summed E-state index contributed by atoms with van der Waals surface area (Å²) in [5.41, 5.74) is 0. The maximum Gasteiger partial charge on any atom is 0.508 e. The molecule has 0 bridgehead atoms. The number of rotatable bonds is 12. The Bertz CT molecular complexity index is 324. The Morgan fingerprint density at radius 1 is 1.00 bits per heavy atom. The number of methoxy groups -OCH3 is 1. The van der Waals surface area contributed by atoms with E-state index in [9.17, 15) is 9.59 Å². The second-order valence-electron chi connectivity index (χ2n) is 5.03. The van der Waals surface area contributed by atoms with Crippen LogP contribution in [0.3, 0.4) is 0 Å². The summed E-state index contributed by atoms with van der Waals surface area (Å²) in [7, 11) is 1.56. The Hall–Kier alpha value is -1.58. The summed E-state index contributed by atoms with van der Waals surface area (Å²) in [6.07, 6.45) is -1.59. The first-order valence-electron chi connectivity index (χ1n) is 7.40. The van der Waals surface area contributed by atoms with Gasteiger partial charge in [-0.2, -0.15) is 0 Å². The summed E-state index contributed by atoms with van der Waals surface area (Å²) < 4.78 is 24.3. The minimum Gasteiger partial charge on any atom is -0.449 e. The van der Waals surface area contributed by atoms with E-state index in [0.717, 1.165) is 0 Å². The summed E-state index contributed by atoms with van der Waals surface area (Å²) in [6.45, 7) is 4.56. The smallest absolute Gasteiger partial charge is 0.449 e. The Balaban J connectivity index is 3.75. The fourth-order valence-electron chi connectivity index (χ4n) is 1.23. The van der Waals surface area contributed by atoms with Crippen LogP contribution in [0.15, 0.2) is 0 Å². The van der Waals surface area contributed by atoms with Crippen LogP contribution in [0, 0.1) is 5.92 Å². The molecule has 0 aromatic heterocycles. The van der Waals surface area contributed by atoms with E-state index in [1.165, 1.54) is 0 Å². The average molecular weight is 337 g/mol. The van der Waals surface area contributed by atoms with Gasteiger partial charge < -0.3 is 34.1 Å². The maximum absolute atomic E-state index is 11.4. The Labute approximate surface area is 136 Å². The molecule has 1 unspecified atom stereocenters. The molecule has 136 valence electrons. The van der Waals surface area contributed by atoms with Crippen LogP contribution in [-0.2, 0) is 23.7 Å². The van der Waals surface area contributed by atoms with Crippen molar-refractivity contribution in [3.8, 4) is 0 Å². The Morgan fingerprint density at radius 2 is 1.70 bits per heavy atom. The highest BCUT2D eigenvalue weighted by Crippen LogP contribution is 1.95. The lowest BCUT2D eigenvalue weighted by molar-refractivity contribution is 0.0102. The molecule has 0 aromatic carbocycles. The summed E-state index contributed by atoms with van der Waals surface area (Å²) in [5, 5.41) is 11.5. The van der Waals surface area contributed by atoms with Gasteiger partial charge in [0, 0.05) is 7.11 Å². The van der Waals surface area contributed by atoms with E-state index in [2.05, 4.69) is 5.32 Å². The van der Waals surface area contributed by atoms with Crippen LogP contribution in [0.2, 0.25) is 0 Å². The van der Waals surface area contributed by atoms with Crippen LogP contribution in [-0.4, -0.2) is 76.8 Å². The zero-order valence-electron chi connectivity index (χ0n) is 13.9. The number of amides is 1. The lowest BCUT2D eigenvalue weighted by atomic mass is 10.2. The van der Waals surface area contributed by atoms with Gasteiger partial charge in [-0.15, -0.1) is 0 Å². The van der Waals surface area contributed by atoms with Gasteiger partial charge in [-0.3, -0.25) is 0 Å². The average Bonchev–Trinajstić information content (AvgIpc) is 2.52. The van der Waals surface area contributed by atoms with Crippen molar-refractivity contribution in [1.82, 2.24) is 5.32 Å². The molecule has 0 aliphatic heterocycles. The molecule has 1 amide bonds. The van der Waals surface area contributed by atoms with Gasteiger partial charge >= 0.3 is 12.2 Å². The van der Waals surface area contributed by atoms with Gasteiger partial charge in [-0.25, -0.2) is 9.59 Å². The number of aliphatic hydroxyl groups excluding tert-OH is 1. The third-order valence-electron chi connectivity index (χ3n) is 2.37. The van der Waals surface area contributed by atoms with Gasteiger partial charge in [-0.1, -0.05) is 13.8 Å². The molecule has 9 nitrogen and oxygen atoms in total. The van der Waals surface area contributed by atoms with Crippen molar-refractivity contribution in [3.63, 3.8) is 0 Å². The van der Waals surface area contributed by atoms with E-state index >= 15 is 0 Å². The van der Waals surface area contributed by atoms with E-state index in [1.807, 2.05) is 13.8 Å². The predicted molar refractivity (Wildman–Crippen MR) is 80.2 cm³/mol. The van der Waals surface area contributed by atoms with Crippen LogP contribution in [0.5, 0.6) is 0 Å². The Kier molecular flexibility index (Phi) is 13.1. The number of hydrogen-bond acceptors (Lipinski definition) is 8. The number of aliphatic hydroxyl groups is 1. The minimum atomic E-state index is -0.906. The predicted octanol–water partition coefficient (Wildman–Crippen LogP) is 0.546. The number of carbonyl (C=O) groups excluding carboxylic acids is 2. The van der Waals surface area contributed by atoms with E-state index in [0.29, 0.717) is 13.2 Å². The van der Waals surface area contributed by atoms with E-state index < -0.39 is 24.9 Å². The highest BCUT2D eigenvalue weighted by atomic mass is 16.7. The Morgan fingerprint density at radius 3 is 2.30 bits per heavy atom. The SMILES string of the molecule is COCCOCCOC(=O)OCC(CO)NC(=O)OCC(C)C. The molecule has 9 heteroatoms. The molecule has 0 radical (unpaired) electrons. The molecule has 2 N–H and O–H groups in total. The lowest BCUT2D eigenvalue weighted by Crippen LogP contribution is -2.42. The van der Waals surface area contributed by atoms with Crippen molar-refractivity contribution in [2.24, 2.45) is 5.92 Å². The van der Waals surface area contributed by atoms with Crippen LogP contribution < -0.4 is 5.32 Å². The minimum absolute atomic E-state index is 0.0379. The molecule has 23 heavy (non-hydrogen) atoms. The van der Waals surface area contributed by atoms with Crippen molar-refractivity contribution >= 4 is 12.2 Å². The second kappa shape index (κ2) is 14.0. The maximum atomic E-state index is 11.4. The van der Waals surface area contributed by atoms with E-state index in [4.69, 9.17) is 28.8 Å². The first-order chi connectivity index (χ1) is 11.0. The lowest BCUT2D eigenvalue weighted by Gasteiger charge is -2.16. The molecule has 1 atom stereocenters. The van der Waals surface area contributed by atoms with Gasteiger partial charge in [0.2, 0.25) is 0 Å². The third-order valence-corrected chi connectivity index (χ3v) is 2.37. The van der Waals surface area contributed by atoms with Crippen LogP contribution in [0.25, 0.3) is 0 Å². The van der Waals surface area contributed by atoms with Gasteiger partial charge in [0.1, 0.15) is 13.2 Å². The summed E-state index contributed by atoms with van der Waals surface area (Å²) in [4.78, 5) is 22.7. The summed E-state index contributed by atoms with van der Waals surface area (Å²) in [6, 6.07) is -0.764. The molecule has 0 aliphatic rings. The third kappa shape index (κ3) is 13.8.